The van der Waals surface area contributed by atoms with Gasteiger partial charge in [0.2, 0.25) is 5.75 Å². The van der Waals surface area contributed by atoms with Crippen molar-refractivity contribution in [1.82, 2.24) is 9.91 Å². The van der Waals surface area contributed by atoms with Gasteiger partial charge >= 0.3 is 0 Å². The van der Waals surface area contributed by atoms with Crippen molar-refractivity contribution in [2.75, 3.05) is 47.1 Å². The van der Waals surface area contributed by atoms with Gasteiger partial charge in [0.25, 0.3) is 17.7 Å². The van der Waals surface area contributed by atoms with Gasteiger partial charge in [-0.2, -0.15) is 10.1 Å². The highest BCUT2D eigenvalue weighted by Gasteiger charge is 2.59. The average molecular weight is 469 g/mol. The van der Waals surface area contributed by atoms with Crippen LogP contribution in [0.5, 0.6) is 17.2 Å². The molecular formula is C24H27N3O7. The van der Waals surface area contributed by atoms with Gasteiger partial charge < -0.3 is 23.8 Å². The highest BCUT2D eigenvalue weighted by Crippen LogP contribution is 2.52. The van der Waals surface area contributed by atoms with E-state index in [4.69, 9.17) is 18.9 Å². The Kier molecular flexibility index (Phi) is 5.99. The number of methoxy groups -OCH3 is 2. The number of ether oxygens (including phenoxy) is 4. The highest BCUT2D eigenvalue weighted by atomic mass is 16.5. The molecule has 0 spiro atoms. The molecular weight excluding hydrogens is 442 g/mol. The number of benzene rings is 1. The van der Waals surface area contributed by atoms with Crippen LogP contribution in [0.15, 0.2) is 29.4 Å². The number of hydrogen-bond acceptors (Lipinski definition) is 8. The first-order chi connectivity index (χ1) is 16.5. The maximum Gasteiger partial charge on any atom is 0.260 e. The number of nitrogens with zero attached hydrogens (tertiary/aromatic N) is 3. The molecule has 4 aliphatic rings. The van der Waals surface area contributed by atoms with E-state index in [2.05, 4.69) is 5.10 Å². The lowest BCUT2D eigenvalue weighted by Gasteiger charge is -2.27. The highest BCUT2D eigenvalue weighted by molar-refractivity contribution is 6.06. The summed E-state index contributed by atoms with van der Waals surface area (Å²) in [6.45, 7) is 1.90. The lowest BCUT2D eigenvalue weighted by molar-refractivity contribution is -0.140. The summed E-state index contributed by atoms with van der Waals surface area (Å²) in [7, 11) is 2.95. The van der Waals surface area contributed by atoms with E-state index >= 15 is 0 Å². The molecule has 3 fully saturated rings. The Morgan fingerprint density at radius 2 is 1.65 bits per heavy atom. The van der Waals surface area contributed by atoms with Gasteiger partial charge in [-0.25, -0.2) is 0 Å². The first kappa shape index (κ1) is 22.4. The van der Waals surface area contributed by atoms with Crippen molar-refractivity contribution in [3.63, 3.8) is 0 Å². The van der Waals surface area contributed by atoms with Crippen LogP contribution in [0.1, 0.15) is 12.0 Å². The number of carbonyl (C=O) groups is 3. The SMILES string of the molecule is COc1cc(C=NN2C(=O)C3C4C=CC(C4)C3C2=O)cc(OC)c1OCC(=O)N1CCOCC1. The number of hydrogen-bond donors (Lipinski definition) is 0. The third-order valence-corrected chi connectivity index (χ3v) is 6.96. The predicted molar refractivity (Wildman–Crippen MR) is 120 cm³/mol. The number of rotatable bonds is 7. The molecule has 1 saturated carbocycles. The molecule has 0 aromatic heterocycles. The van der Waals surface area contributed by atoms with Gasteiger partial charge in [0.1, 0.15) is 0 Å². The number of carbonyl (C=O) groups excluding carboxylic acids is 3. The zero-order chi connectivity index (χ0) is 23.8. The summed E-state index contributed by atoms with van der Waals surface area (Å²) >= 11 is 0. The van der Waals surface area contributed by atoms with E-state index in [0.717, 1.165) is 11.4 Å². The Morgan fingerprint density at radius 1 is 1.06 bits per heavy atom. The van der Waals surface area contributed by atoms with Gasteiger partial charge in [-0.15, -0.1) is 0 Å². The number of hydrazone groups is 1. The van der Waals surface area contributed by atoms with E-state index in [1.165, 1.54) is 20.4 Å². The van der Waals surface area contributed by atoms with E-state index in [-0.39, 0.29) is 53.7 Å². The summed E-state index contributed by atoms with van der Waals surface area (Å²) in [6.07, 6.45) is 6.39. The minimum absolute atomic E-state index is 0.128. The Bertz CT molecular complexity index is 1010. The van der Waals surface area contributed by atoms with Crippen molar-refractivity contribution in [3.8, 4) is 17.2 Å². The van der Waals surface area contributed by atoms with E-state index in [1.807, 2.05) is 12.2 Å². The Morgan fingerprint density at radius 3 is 2.21 bits per heavy atom. The van der Waals surface area contributed by atoms with Crippen molar-refractivity contribution in [2.45, 2.75) is 6.42 Å². The third-order valence-electron chi connectivity index (χ3n) is 6.96. The second kappa shape index (κ2) is 9.09. The lowest BCUT2D eigenvalue weighted by atomic mass is 9.85. The number of morpholine rings is 1. The van der Waals surface area contributed by atoms with E-state index in [0.29, 0.717) is 43.4 Å². The molecule has 2 heterocycles. The maximum absolute atomic E-state index is 12.8. The van der Waals surface area contributed by atoms with Crippen LogP contribution >= 0.6 is 0 Å². The molecule has 2 saturated heterocycles. The fourth-order valence-electron chi connectivity index (χ4n) is 5.28. The van der Waals surface area contributed by atoms with E-state index < -0.39 is 0 Å². The molecule has 5 rings (SSSR count). The van der Waals surface area contributed by atoms with Gasteiger partial charge in [-0.3, -0.25) is 14.4 Å². The smallest absolute Gasteiger partial charge is 0.260 e. The number of imide groups is 1. The monoisotopic (exact) mass is 469 g/mol. The summed E-state index contributed by atoms with van der Waals surface area (Å²) in [5.41, 5.74) is 0.555. The van der Waals surface area contributed by atoms with E-state index in [9.17, 15) is 14.4 Å². The van der Waals surface area contributed by atoms with Crippen LogP contribution in [0.4, 0.5) is 0 Å². The molecule has 1 aromatic rings. The van der Waals surface area contributed by atoms with Crippen molar-refractivity contribution in [3.05, 3.63) is 29.8 Å². The topological polar surface area (TPSA) is 107 Å². The van der Waals surface area contributed by atoms with Gasteiger partial charge in [-0.05, 0) is 30.4 Å². The minimum atomic E-state index is -0.302. The van der Waals surface area contributed by atoms with Crippen LogP contribution in [-0.4, -0.2) is 81.0 Å². The average Bonchev–Trinajstić information content (AvgIpc) is 3.55. The number of allylic oxidation sites excluding steroid dienone is 2. The summed E-state index contributed by atoms with van der Waals surface area (Å²) in [5.74, 6) is -0.0268. The van der Waals surface area contributed by atoms with Crippen molar-refractivity contribution < 1.29 is 33.3 Å². The van der Waals surface area contributed by atoms with Crippen LogP contribution in [0.25, 0.3) is 0 Å². The van der Waals surface area contributed by atoms with Gasteiger partial charge in [0.05, 0.1) is 45.5 Å². The number of fused-ring (bicyclic) bond motifs is 5. The first-order valence-electron chi connectivity index (χ1n) is 11.4. The molecule has 10 heteroatoms. The molecule has 2 aliphatic carbocycles. The molecule has 0 N–H and O–H groups in total. The van der Waals surface area contributed by atoms with Crippen LogP contribution < -0.4 is 14.2 Å². The molecule has 180 valence electrons. The fraction of sp³-hybridized carbons (Fsp3) is 0.500. The predicted octanol–water partition coefficient (Wildman–Crippen LogP) is 1.08. The van der Waals surface area contributed by atoms with Crippen LogP contribution in [0.2, 0.25) is 0 Å². The molecule has 34 heavy (non-hydrogen) atoms. The van der Waals surface area contributed by atoms with Crippen molar-refractivity contribution in [2.24, 2.45) is 28.8 Å². The second-order valence-electron chi connectivity index (χ2n) is 8.77. The molecule has 4 unspecified atom stereocenters. The Hall–Kier alpha value is -3.40. The Labute approximate surface area is 197 Å². The molecule has 0 radical (unpaired) electrons. The van der Waals surface area contributed by atoms with Crippen LogP contribution in [0.3, 0.4) is 0 Å². The van der Waals surface area contributed by atoms with E-state index in [1.54, 1.807) is 17.0 Å². The zero-order valence-electron chi connectivity index (χ0n) is 19.1. The summed E-state index contributed by atoms with van der Waals surface area (Å²) < 4.78 is 21.9. The normalized spacial score (nSPS) is 27.6. The fourth-order valence-corrected chi connectivity index (χ4v) is 5.28. The molecule has 10 nitrogen and oxygen atoms in total. The largest absolute Gasteiger partial charge is 0.493 e. The van der Waals surface area contributed by atoms with Crippen LogP contribution in [-0.2, 0) is 19.1 Å². The quantitative estimate of drug-likeness (QED) is 0.334. The molecule has 2 bridgehead atoms. The standard InChI is InChI=1S/C24H27N3O7/c1-31-17-9-14(10-18(32-2)22(17)34-13-19(28)26-5-7-33-8-6-26)12-25-27-23(29)20-15-3-4-16(11-15)21(20)24(27)30/h3-4,9-10,12,15-16,20-21H,5-8,11,13H2,1-2H3. The Balaban J connectivity index is 1.31. The third kappa shape index (κ3) is 3.81. The summed E-state index contributed by atoms with van der Waals surface area (Å²) in [5, 5.41) is 5.20. The van der Waals surface area contributed by atoms with Crippen LogP contribution in [0, 0.1) is 23.7 Å². The maximum atomic E-state index is 12.8. The molecule has 3 amide bonds. The number of amides is 3. The molecule has 1 aromatic carbocycles. The molecule has 2 aliphatic heterocycles. The molecule has 4 atom stereocenters. The first-order valence-corrected chi connectivity index (χ1v) is 11.4. The second-order valence-corrected chi connectivity index (χ2v) is 8.77. The van der Waals surface area contributed by atoms with Gasteiger partial charge in [0, 0.05) is 18.7 Å². The summed E-state index contributed by atoms with van der Waals surface area (Å²) in [4.78, 5) is 39.8. The minimum Gasteiger partial charge on any atom is -0.493 e. The summed E-state index contributed by atoms with van der Waals surface area (Å²) in [6, 6.07) is 3.30. The van der Waals surface area contributed by atoms with Crippen molar-refractivity contribution >= 4 is 23.9 Å². The van der Waals surface area contributed by atoms with Crippen molar-refractivity contribution in [1.29, 1.82) is 0 Å². The van der Waals surface area contributed by atoms with Gasteiger partial charge in [0.15, 0.2) is 18.1 Å². The zero-order valence-corrected chi connectivity index (χ0v) is 19.1. The lowest BCUT2D eigenvalue weighted by Crippen LogP contribution is -2.43. The van der Waals surface area contributed by atoms with Gasteiger partial charge in [-0.1, -0.05) is 12.2 Å².